The van der Waals surface area contributed by atoms with Crippen molar-refractivity contribution in [3.63, 3.8) is 0 Å². The summed E-state index contributed by atoms with van der Waals surface area (Å²) in [6, 6.07) is 4.94. The Labute approximate surface area is 201 Å². The molecule has 4 aromatic heterocycles. The standard InChI is InChI=1S/C11H11N3O5S.C10H9N3O3/c1-20(17,18)19-6-7-5-13-10(16)4-12-8-2-3-9(15)14(7)11(8)13;14-5-6-4-12-9(16)3-11-7-1-2-8(15)13(6)10(7)12/h2-4,7H,5-6H2,1H3;1-3,6,14H,4-5H2/t7-;6-/m00/s1. The molecule has 0 radical (unpaired) electrons. The van der Waals surface area contributed by atoms with Gasteiger partial charge in [0, 0.05) is 12.1 Å². The van der Waals surface area contributed by atoms with Gasteiger partial charge in [0.25, 0.3) is 32.4 Å². The zero-order valence-corrected chi connectivity index (χ0v) is 19.7. The summed E-state index contributed by atoms with van der Waals surface area (Å²) < 4.78 is 32.5. The summed E-state index contributed by atoms with van der Waals surface area (Å²) in [6.07, 6.45) is 3.35. The fourth-order valence-corrected chi connectivity index (χ4v) is 4.92. The molecule has 0 aliphatic carbocycles. The van der Waals surface area contributed by atoms with Crippen LogP contribution in [-0.4, -0.2) is 61.2 Å². The first kappa shape index (κ1) is 23.8. The van der Waals surface area contributed by atoms with Gasteiger partial charge in [-0.25, -0.2) is 9.97 Å². The SMILES string of the molecule is CS(=O)(=O)OC[C@@H]1Cn2c(=O)cnc3ccc(=O)n1c32.O=c1cnc2ccc(=O)n3c2n1C[C@H]3CO. The quantitative estimate of drug-likeness (QED) is 0.304. The average Bonchev–Trinajstić information content (AvgIpc) is 3.43. The van der Waals surface area contributed by atoms with E-state index in [4.69, 9.17) is 4.18 Å². The van der Waals surface area contributed by atoms with E-state index < -0.39 is 16.2 Å². The van der Waals surface area contributed by atoms with Crippen LogP contribution in [0.25, 0.3) is 22.3 Å². The normalized spacial score (nSPS) is 17.9. The highest BCUT2D eigenvalue weighted by Crippen LogP contribution is 2.23. The fraction of sp³-hybridized carbons (Fsp3) is 0.333. The third kappa shape index (κ3) is 3.96. The van der Waals surface area contributed by atoms with Gasteiger partial charge in [-0.1, -0.05) is 0 Å². The monoisotopic (exact) mass is 516 g/mol. The zero-order valence-electron chi connectivity index (χ0n) is 18.8. The van der Waals surface area contributed by atoms with E-state index in [1.54, 1.807) is 6.07 Å². The molecule has 2 aliphatic heterocycles. The first-order valence-electron chi connectivity index (χ1n) is 10.8. The molecule has 4 aromatic rings. The molecule has 0 saturated carbocycles. The summed E-state index contributed by atoms with van der Waals surface area (Å²) >= 11 is 0. The summed E-state index contributed by atoms with van der Waals surface area (Å²) in [5.41, 5.74) is 0.873. The smallest absolute Gasteiger partial charge is 0.270 e. The molecule has 2 atom stereocenters. The Morgan fingerprint density at radius 2 is 1.31 bits per heavy atom. The van der Waals surface area contributed by atoms with Gasteiger partial charge in [0.15, 0.2) is 0 Å². The third-order valence-electron chi connectivity index (χ3n) is 6.03. The lowest BCUT2D eigenvalue weighted by atomic mass is 10.3. The zero-order chi connectivity index (χ0) is 25.8. The maximum Gasteiger partial charge on any atom is 0.270 e. The number of aromatic nitrogens is 6. The lowest BCUT2D eigenvalue weighted by molar-refractivity contribution is 0.225. The lowest BCUT2D eigenvalue weighted by Crippen LogP contribution is -2.25. The Hall–Kier alpha value is -3.95. The maximum absolute atomic E-state index is 12.0. The van der Waals surface area contributed by atoms with Crippen molar-refractivity contribution in [2.75, 3.05) is 19.5 Å². The molecule has 2 aliphatic rings. The number of hydrogen-bond acceptors (Lipinski definition) is 10. The first-order valence-corrected chi connectivity index (χ1v) is 12.6. The minimum absolute atomic E-state index is 0.167. The van der Waals surface area contributed by atoms with Crippen LogP contribution >= 0.6 is 0 Å². The highest BCUT2D eigenvalue weighted by atomic mass is 32.2. The molecule has 0 saturated heterocycles. The number of aliphatic hydroxyl groups excluding tert-OH is 1. The highest BCUT2D eigenvalue weighted by molar-refractivity contribution is 7.85. The van der Waals surface area contributed by atoms with Crippen molar-refractivity contribution in [2.45, 2.75) is 25.2 Å². The van der Waals surface area contributed by atoms with Crippen molar-refractivity contribution in [3.8, 4) is 0 Å². The molecule has 6 rings (SSSR count). The van der Waals surface area contributed by atoms with Crippen LogP contribution in [0.4, 0.5) is 0 Å². The molecule has 0 fully saturated rings. The summed E-state index contributed by atoms with van der Waals surface area (Å²) in [6.45, 7) is 0.152. The second-order valence-corrected chi connectivity index (χ2v) is 10.0. The van der Waals surface area contributed by atoms with Crippen molar-refractivity contribution in [1.82, 2.24) is 28.2 Å². The molecule has 6 heterocycles. The van der Waals surface area contributed by atoms with Crippen molar-refractivity contribution in [1.29, 1.82) is 0 Å². The summed E-state index contributed by atoms with van der Waals surface area (Å²) in [4.78, 5) is 55.0. The highest BCUT2D eigenvalue weighted by Gasteiger charge is 2.28. The van der Waals surface area contributed by atoms with E-state index >= 15 is 0 Å². The molecule has 15 heteroatoms. The van der Waals surface area contributed by atoms with Crippen LogP contribution < -0.4 is 22.2 Å². The van der Waals surface area contributed by atoms with Gasteiger partial charge in [0.05, 0.1) is 57.0 Å². The average molecular weight is 516 g/mol. The minimum atomic E-state index is -3.61. The van der Waals surface area contributed by atoms with Gasteiger partial charge in [-0.05, 0) is 12.1 Å². The maximum atomic E-state index is 12.0. The molecule has 14 nitrogen and oxygen atoms in total. The Bertz CT molecular complexity index is 1860. The molecule has 36 heavy (non-hydrogen) atoms. The van der Waals surface area contributed by atoms with Crippen LogP contribution in [0.5, 0.6) is 0 Å². The predicted molar refractivity (Wildman–Crippen MR) is 126 cm³/mol. The number of aliphatic hydroxyl groups is 1. The van der Waals surface area contributed by atoms with Gasteiger partial charge in [0.2, 0.25) is 0 Å². The van der Waals surface area contributed by atoms with Crippen LogP contribution in [0.15, 0.2) is 55.8 Å². The van der Waals surface area contributed by atoms with Crippen molar-refractivity contribution < 1.29 is 17.7 Å². The van der Waals surface area contributed by atoms with Crippen LogP contribution in [0, 0.1) is 0 Å². The fourth-order valence-electron chi connectivity index (χ4n) is 4.51. The summed E-state index contributed by atoms with van der Waals surface area (Å²) in [7, 11) is -3.61. The summed E-state index contributed by atoms with van der Waals surface area (Å²) in [5, 5.41) is 9.21. The Kier molecular flexibility index (Phi) is 5.69. The van der Waals surface area contributed by atoms with Gasteiger partial charge in [-0.3, -0.25) is 41.6 Å². The second-order valence-electron chi connectivity index (χ2n) is 8.39. The van der Waals surface area contributed by atoms with E-state index in [1.165, 1.54) is 48.9 Å². The van der Waals surface area contributed by atoms with E-state index in [-0.39, 0.29) is 48.0 Å². The molecular formula is C21H20N6O8S. The van der Waals surface area contributed by atoms with Crippen molar-refractivity contribution in [3.05, 3.63) is 78.1 Å². The Morgan fingerprint density at radius 3 is 1.78 bits per heavy atom. The van der Waals surface area contributed by atoms with E-state index in [2.05, 4.69) is 9.97 Å². The molecule has 0 unspecified atom stereocenters. The van der Waals surface area contributed by atoms with Crippen LogP contribution in [0.2, 0.25) is 0 Å². The lowest BCUT2D eigenvalue weighted by Gasteiger charge is -2.11. The molecule has 1 N–H and O–H groups in total. The summed E-state index contributed by atoms with van der Waals surface area (Å²) in [5.74, 6) is 0. The second kappa shape index (κ2) is 8.61. The minimum Gasteiger partial charge on any atom is -0.394 e. The van der Waals surface area contributed by atoms with Crippen LogP contribution in [0.3, 0.4) is 0 Å². The van der Waals surface area contributed by atoms with Crippen LogP contribution in [0.1, 0.15) is 12.1 Å². The first-order chi connectivity index (χ1) is 17.1. The number of hydrogen-bond donors (Lipinski definition) is 1. The Morgan fingerprint density at radius 1 is 0.833 bits per heavy atom. The van der Waals surface area contributed by atoms with Gasteiger partial charge in [-0.15, -0.1) is 0 Å². The van der Waals surface area contributed by atoms with Gasteiger partial charge in [-0.2, -0.15) is 8.42 Å². The largest absolute Gasteiger partial charge is 0.394 e. The Balaban J connectivity index is 0.000000152. The predicted octanol–water partition coefficient (Wildman–Crippen LogP) is -1.81. The molecule has 0 bridgehead atoms. The molecule has 0 aromatic carbocycles. The topological polar surface area (TPSA) is 177 Å². The molecular weight excluding hydrogens is 496 g/mol. The molecule has 188 valence electrons. The number of pyridine rings is 2. The number of nitrogens with zero attached hydrogens (tertiary/aromatic N) is 6. The number of rotatable bonds is 4. The van der Waals surface area contributed by atoms with Crippen LogP contribution in [-0.2, 0) is 27.4 Å². The van der Waals surface area contributed by atoms with Crippen molar-refractivity contribution in [2.24, 2.45) is 0 Å². The molecule has 0 spiro atoms. The van der Waals surface area contributed by atoms with Gasteiger partial charge in [0.1, 0.15) is 22.3 Å². The van der Waals surface area contributed by atoms with E-state index in [9.17, 15) is 32.7 Å². The van der Waals surface area contributed by atoms with E-state index in [0.717, 1.165) is 6.26 Å². The molecule has 0 amide bonds. The van der Waals surface area contributed by atoms with Gasteiger partial charge >= 0.3 is 0 Å². The van der Waals surface area contributed by atoms with E-state index in [1.807, 2.05) is 0 Å². The third-order valence-corrected chi connectivity index (χ3v) is 6.59. The van der Waals surface area contributed by atoms with Gasteiger partial charge < -0.3 is 5.11 Å². The van der Waals surface area contributed by atoms with Crippen molar-refractivity contribution >= 4 is 32.4 Å². The van der Waals surface area contributed by atoms with E-state index in [0.29, 0.717) is 28.9 Å².